The number of aliphatic carboxylic acids is 1. The van der Waals surface area contributed by atoms with E-state index in [0.29, 0.717) is 19.4 Å². The average molecular weight is 403 g/mol. The van der Waals surface area contributed by atoms with Crippen molar-refractivity contribution in [3.63, 3.8) is 0 Å². The van der Waals surface area contributed by atoms with Gasteiger partial charge in [-0.25, -0.2) is 4.79 Å². The molecule has 0 radical (unpaired) electrons. The summed E-state index contributed by atoms with van der Waals surface area (Å²) in [5.74, 6) is -2.18. The topological polar surface area (TPSA) is 163 Å². The molecule has 0 saturated heterocycles. The number of carboxylic acids is 1. The number of nitrogens with two attached hydrogens (primary N) is 2. The molecule has 9 heteroatoms. The molecule has 1 aromatic carbocycles. The summed E-state index contributed by atoms with van der Waals surface area (Å²) < 4.78 is 0. The zero-order chi connectivity index (χ0) is 21.4. The Labute approximate surface area is 169 Å². The second kappa shape index (κ2) is 10.6. The molecule has 0 aliphatic rings. The highest BCUT2D eigenvalue weighted by Gasteiger charge is 2.28. The van der Waals surface area contributed by atoms with Gasteiger partial charge < -0.3 is 32.2 Å². The number of carbonyl (C=O) groups excluding carboxylic acids is 2. The monoisotopic (exact) mass is 403 g/mol. The number of para-hydroxylation sites is 1. The number of aromatic nitrogens is 1. The van der Waals surface area contributed by atoms with E-state index in [9.17, 15) is 19.5 Å². The number of fused-ring (bicyclic) bond motifs is 1. The molecule has 1 heterocycles. The van der Waals surface area contributed by atoms with Gasteiger partial charge in [-0.05, 0) is 44.4 Å². The van der Waals surface area contributed by atoms with Crippen molar-refractivity contribution in [1.29, 1.82) is 0 Å². The molecule has 3 unspecified atom stereocenters. The second-order valence-corrected chi connectivity index (χ2v) is 7.10. The van der Waals surface area contributed by atoms with Gasteiger partial charge in [0, 0.05) is 23.5 Å². The van der Waals surface area contributed by atoms with Crippen molar-refractivity contribution >= 4 is 28.7 Å². The summed E-state index contributed by atoms with van der Waals surface area (Å²) >= 11 is 0. The summed E-state index contributed by atoms with van der Waals surface area (Å²) in [6.45, 7) is 1.97. The number of unbranched alkanes of at least 4 members (excludes halogenated alkanes) is 1. The molecule has 2 amide bonds. The van der Waals surface area contributed by atoms with Gasteiger partial charge in [0.1, 0.15) is 12.1 Å². The van der Waals surface area contributed by atoms with Gasteiger partial charge in [0.15, 0.2) is 0 Å². The first kappa shape index (κ1) is 22.4. The minimum absolute atomic E-state index is 0.198. The van der Waals surface area contributed by atoms with Crippen molar-refractivity contribution in [3.8, 4) is 0 Å². The van der Waals surface area contributed by atoms with Crippen LogP contribution in [0, 0.1) is 0 Å². The van der Waals surface area contributed by atoms with Gasteiger partial charge in [0.25, 0.3) is 0 Å². The Morgan fingerprint density at radius 2 is 1.79 bits per heavy atom. The van der Waals surface area contributed by atoms with E-state index < -0.39 is 35.9 Å². The normalized spacial score (nSPS) is 14.2. The summed E-state index contributed by atoms with van der Waals surface area (Å²) in [4.78, 5) is 39.6. The van der Waals surface area contributed by atoms with Gasteiger partial charge in [0.2, 0.25) is 11.8 Å². The highest BCUT2D eigenvalue weighted by Crippen LogP contribution is 2.19. The summed E-state index contributed by atoms with van der Waals surface area (Å²) in [6, 6.07) is 4.79. The van der Waals surface area contributed by atoms with Crippen molar-refractivity contribution in [3.05, 3.63) is 36.0 Å². The highest BCUT2D eigenvalue weighted by molar-refractivity contribution is 5.92. The van der Waals surface area contributed by atoms with Crippen LogP contribution in [0.4, 0.5) is 0 Å². The molecule has 2 aromatic rings. The molecule has 1 aromatic heterocycles. The van der Waals surface area contributed by atoms with E-state index >= 15 is 0 Å². The molecule has 0 saturated carbocycles. The molecule has 0 spiro atoms. The highest BCUT2D eigenvalue weighted by atomic mass is 16.4. The van der Waals surface area contributed by atoms with E-state index in [1.165, 1.54) is 6.92 Å². The van der Waals surface area contributed by atoms with Crippen LogP contribution in [0.3, 0.4) is 0 Å². The van der Waals surface area contributed by atoms with Crippen LogP contribution in [0.25, 0.3) is 10.9 Å². The zero-order valence-corrected chi connectivity index (χ0v) is 16.5. The number of carbonyl (C=O) groups is 3. The minimum Gasteiger partial charge on any atom is -0.480 e. The molecular formula is C20H29N5O4. The first-order valence-electron chi connectivity index (χ1n) is 9.67. The molecule has 0 bridgehead atoms. The first-order chi connectivity index (χ1) is 13.8. The number of rotatable bonds is 11. The predicted octanol–water partition coefficient (Wildman–Crippen LogP) is 0.241. The number of hydrogen-bond donors (Lipinski definition) is 6. The Hall–Kier alpha value is -2.91. The molecule has 3 atom stereocenters. The average Bonchev–Trinajstić information content (AvgIpc) is 3.09. The summed E-state index contributed by atoms with van der Waals surface area (Å²) in [7, 11) is 0. The lowest BCUT2D eigenvalue weighted by molar-refractivity contribution is -0.142. The van der Waals surface area contributed by atoms with Crippen LogP contribution in [0.15, 0.2) is 30.5 Å². The Kier molecular flexibility index (Phi) is 8.17. The van der Waals surface area contributed by atoms with Crippen molar-refractivity contribution in [2.75, 3.05) is 6.54 Å². The molecule has 29 heavy (non-hydrogen) atoms. The molecule has 9 nitrogen and oxygen atoms in total. The van der Waals surface area contributed by atoms with E-state index in [1.807, 2.05) is 24.3 Å². The number of hydrogen-bond acceptors (Lipinski definition) is 5. The third kappa shape index (κ3) is 6.30. The number of carboxylic acid groups (broad SMARTS) is 1. The maximum atomic E-state index is 12.8. The summed E-state index contributed by atoms with van der Waals surface area (Å²) in [5, 5.41) is 15.5. The van der Waals surface area contributed by atoms with Crippen LogP contribution >= 0.6 is 0 Å². The zero-order valence-electron chi connectivity index (χ0n) is 16.5. The van der Waals surface area contributed by atoms with E-state index in [0.717, 1.165) is 16.5 Å². The lowest BCUT2D eigenvalue weighted by Gasteiger charge is -2.22. The van der Waals surface area contributed by atoms with Gasteiger partial charge in [-0.2, -0.15) is 0 Å². The molecule has 0 fully saturated rings. The molecule has 0 aliphatic carbocycles. The third-order valence-corrected chi connectivity index (χ3v) is 4.71. The first-order valence-corrected chi connectivity index (χ1v) is 9.67. The fourth-order valence-corrected chi connectivity index (χ4v) is 3.06. The Morgan fingerprint density at radius 3 is 2.45 bits per heavy atom. The number of benzene rings is 1. The number of amides is 2. The van der Waals surface area contributed by atoms with Gasteiger partial charge in [-0.15, -0.1) is 0 Å². The maximum Gasteiger partial charge on any atom is 0.326 e. The second-order valence-electron chi connectivity index (χ2n) is 7.10. The van der Waals surface area contributed by atoms with Crippen LogP contribution < -0.4 is 22.1 Å². The lowest BCUT2D eigenvalue weighted by atomic mass is 10.0. The van der Waals surface area contributed by atoms with Crippen LogP contribution in [-0.4, -0.2) is 52.5 Å². The fourth-order valence-electron chi connectivity index (χ4n) is 3.06. The van der Waals surface area contributed by atoms with Gasteiger partial charge in [0.05, 0.1) is 6.04 Å². The SMILES string of the molecule is CC(N)C(=O)NC(Cc1c[nH]c2ccccc12)C(=O)NC(CCCCN)C(=O)O. The minimum atomic E-state index is -1.13. The molecule has 2 rings (SSSR count). The summed E-state index contributed by atoms with van der Waals surface area (Å²) in [5.41, 5.74) is 12.8. The molecule has 8 N–H and O–H groups in total. The fraction of sp³-hybridized carbons (Fsp3) is 0.450. The Bertz CT molecular complexity index is 848. The smallest absolute Gasteiger partial charge is 0.326 e. The van der Waals surface area contributed by atoms with Crippen molar-refractivity contribution in [1.82, 2.24) is 15.6 Å². The van der Waals surface area contributed by atoms with Crippen molar-refractivity contribution in [2.45, 2.75) is 50.7 Å². The largest absolute Gasteiger partial charge is 0.480 e. The lowest BCUT2D eigenvalue weighted by Crippen LogP contribution is -2.54. The molecule has 0 aliphatic heterocycles. The van der Waals surface area contributed by atoms with Crippen LogP contribution in [0.2, 0.25) is 0 Å². The van der Waals surface area contributed by atoms with Crippen molar-refractivity contribution < 1.29 is 19.5 Å². The van der Waals surface area contributed by atoms with Gasteiger partial charge in [-0.3, -0.25) is 9.59 Å². The third-order valence-electron chi connectivity index (χ3n) is 4.71. The van der Waals surface area contributed by atoms with Crippen molar-refractivity contribution in [2.24, 2.45) is 11.5 Å². The van der Waals surface area contributed by atoms with Gasteiger partial charge >= 0.3 is 5.97 Å². The number of aromatic amines is 1. The van der Waals surface area contributed by atoms with E-state index in [2.05, 4.69) is 15.6 Å². The van der Waals surface area contributed by atoms with E-state index in [1.54, 1.807) is 6.20 Å². The van der Waals surface area contributed by atoms with Crippen LogP contribution in [0.1, 0.15) is 31.7 Å². The van der Waals surface area contributed by atoms with Crippen LogP contribution in [0.5, 0.6) is 0 Å². The number of nitrogens with one attached hydrogen (secondary N) is 3. The van der Waals surface area contributed by atoms with Gasteiger partial charge in [-0.1, -0.05) is 18.2 Å². The molecule has 158 valence electrons. The van der Waals surface area contributed by atoms with E-state index in [-0.39, 0.29) is 12.8 Å². The number of H-pyrrole nitrogens is 1. The molecular weight excluding hydrogens is 374 g/mol. The quantitative estimate of drug-likeness (QED) is 0.294. The van der Waals surface area contributed by atoms with E-state index in [4.69, 9.17) is 11.5 Å². The summed E-state index contributed by atoms with van der Waals surface area (Å²) in [6.07, 6.45) is 3.48. The predicted molar refractivity (Wildman–Crippen MR) is 110 cm³/mol. The Balaban J connectivity index is 2.18. The Morgan fingerprint density at radius 1 is 1.10 bits per heavy atom. The standard InChI is InChI=1S/C20H29N5O4/c1-12(22)18(26)25-17(10-13-11-23-15-7-3-2-6-14(13)15)19(27)24-16(20(28)29)8-4-5-9-21/h2-3,6-7,11-12,16-17,23H,4-5,8-10,21-22H2,1H3,(H,24,27)(H,25,26)(H,28,29). The van der Waals surface area contributed by atoms with Crippen LogP contribution in [-0.2, 0) is 20.8 Å². The maximum absolute atomic E-state index is 12.8.